The second-order valence-corrected chi connectivity index (χ2v) is 8.09. The van der Waals surface area contributed by atoms with Crippen LogP contribution in [-0.4, -0.2) is 25.4 Å². The van der Waals surface area contributed by atoms with E-state index in [1.807, 2.05) is 12.1 Å². The van der Waals surface area contributed by atoms with Crippen LogP contribution >= 0.6 is 0 Å². The second-order valence-electron chi connectivity index (χ2n) is 8.09. The van der Waals surface area contributed by atoms with E-state index in [4.69, 9.17) is 4.74 Å². The maximum atomic E-state index is 14.0. The van der Waals surface area contributed by atoms with Crippen molar-refractivity contribution in [1.29, 1.82) is 0 Å². The number of carbonyl (C=O) groups is 1. The second kappa shape index (κ2) is 10.2. The molecule has 3 aromatic heterocycles. The summed E-state index contributed by atoms with van der Waals surface area (Å²) in [6.07, 6.45) is 3.71. The van der Waals surface area contributed by atoms with Crippen LogP contribution in [0.3, 0.4) is 0 Å². The Balaban J connectivity index is 1.36. The Morgan fingerprint density at radius 3 is 2.61 bits per heavy atom. The van der Waals surface area contributed by atoms with Gasteiger partial charge in [0.1, 0.15) is 12.4 Å². The zero-order valence-corrected chi connectivity index (χ0v) is 19.4. The maximum absolute atomic E-state index is 14.0. The first-order chi connectivity index (χ1) is 18.3. The van der Waals surface area contributed by atoms with E-state index in [9.17, 15) is 22.4 Å². The molecular weight excluding hydrogens is 504 g/mol. The van der Waals surface area contributed by atoms with E-state index in [0.717, 1.165) is 5.56 Å². The molecule has 2 amide bonds. The van der Waals surface area contributed by atoms with E-state index >= 15 is 0 Å². The van der Waals surface area contributed by atoms with Crippen molar-refractivity contribution in [2.45, 2.75) is 12.8 Å². The van der Waals surface area contributed by atoms with E-state index in [1.165, 1.54) is 0 Å². The fourth-order valence-corrected chi connectivity index (χ4v) is 3.61. The number of hydrogen-bond acceptors (Lipinski definition) is 5. The fraction of sp³-hybridized carbons (Fsp3) is 0.0769. The van der Waals surface area contributed by atoms with E-state index in [2.05, 4.69) is 25.6 Å². The van der Waals surface area contributed by atoms with Crippen molar-refractivity contribution in [1.82, 2.24) is 19.4 Å². The molecule has 8 nitrogen and oxygen atoms in total. The summed E-state index contributed by atoms with van der Waals surface area (Å²) in [7, 11) is 0. The van der Waals surface area contributed by atoms with Gasteiger partial charge in [0.05, 0.1) is 16.9 Å². The summed E-state index contributed by atoms with van der Waals surface area (Å²) in [6.45, 7) is 0.245. The quantitative estimate of drug-likeness (QED) is 0.260. The number of alkyl halides is 3. The number of amides is 2. The number of imidazole rings is 1. The average Bonchev–Trinajstić information content (AvgIpc) is 3.38. The van der Waals surface area contributed by atoms with Crippen LogP contribution in [0.4, 0.5) is 33.7 Å². The summed E-state index contributed by atoms with van der Waals surface area (Å²) < 4.78 is 60.5. The molecule has 2 aromatic carbocycles. The average molecular weight is 522 g/mol. The molecule has 0 atom stereocenters. The number of anilines is 2. The summed E-state index contributed by atoms with van der Waals surface area (Å²) in [4.78, 5) is 25.3. The van der Waals surface area contributed by atoms with Gasteiger partial charge in [-0.05, 0) is 48.0 Å². The minimum atomic E-state index is -4.68. The summed E-state index contributed by atoms with van der Waals surface area (Å²) in [5.74, 6) is -0.709. The lowest BCUT2D eigenvalue weighted by atomic mass is 10.1. The molecule has 3 heterocycles. The van der Waals surface area contributed by atoms with Crippen LogP contribution in [0.25, 0.3) is 16.9 Å². The monoisotopic (exact) mass is 522 g/mol. The molecule has 0 spiro atoms. The molecule has 5 aromatic rings. The highest BCUT2D eigenvalue weighted by Crippen LogP contribution is 2.32. The number of halogens is 4. The molecule has 2 N–H and O–H groups in total. The van der Waals surface area contributed by atoms with Gasteiger partial charge in [0.15, 0.2) is 0 Å². The standard InChI is InChI=1S/C26H18F4N6O2/c27-20-5-4-18(26(28,29)30)13-21(20)35-25(37)33-19-3-1-2-17(12-19)22-14-36-11-10-32-23(36)24(34-22)38-15-16-6-8-31-9-7-16/h1-14H,15H2,(H2,33,35,37). The molecule has 0 fully saturated rings. The zero-order chi connectivity index (χ0) is 26.7. The first-order valence-electron chi connectivity index (χ1n) is 11.2. The Kier molecular flexibility index (Phi) is 6.60. The minimum Gasteiger partial charge on any atom is -0.470 e. The Hall–Kier alpha value is -5.00. The zero-order valence-electron chi connectivity index (χ0n) is 19.4. The first-order valence-corrected chi connectivity index (χ1v) is 11.2. The lowest BCUT2D eigenvalue weighted by Gasteiger charge is -2.13. The number of pyridine rings is 1. The highest BCUT2D eigenvalue weighted by Gasteiger charge is 2.31. The highest BCUT2D eigenvalue weighted by molar-refractivity contribution is 6.00. The van der Waals surface area contributed by atoms with Crippen LogP contribution in [0, 0.1) is 5.82 Å². The number of carbonyl (C=O) groups excluding carboxylic acids is 1. The molecule has 0 unspecified atom stereocenters. The molecule has 38 heavy (non-hydrogen) atoms. The van der Waals surface area contributed by atoms with Crippen LogP contribution in [0.15, 0.2) is 85.6 Å². The lowest BCUT2D eigenvalue weighted by molar-refractivity contribution is -0.137. The van der Waals surface area contributed by atoms with Gasteiger partial charge in [0, 0.05) is 42.2 Å². The van der Waals surface area contributed by atoms with Gasteiger partial charge in [-0.1, -0.05) is 12.1 Å². The Labute approximate surface area is 213 Å². The largest absolute Gasteiger partial charge is 0.470 e. The van der Waals surface area contributed by atoms with Gasteiger partial charge in [0.25, 0.3) is 5.88 Å². The molecule has 5 rings (SSSR count). The molecule has 0 saturated carbocycles. The van der Waals surface area contributed by atoms with E-state index in [-0.39, 0.29) is 6.61 Å². The number of hydrogen-bond donors (Lipinski definition) is 2. The van der Waals surface area contributed by atoms with Crippen molar-refractivity contribution in [3.05, 3.63) is 103 Å². The van der Waals surface area contributed by atoms with Crippen molar-refractivity contribution < 1.29 is 27.1 Å². The van der Waals surface area contributed by atoms with Crippen LogP contribution < -0.4 is 15.4 Å². The van der Waals surface area contributed by atoms with Gasteiger partial charge in [-0.15, -0.1) is 0 Å². The summed E-state index contributed by atoms with van der Waals surface area (Å²) in [6, 6.07) is 11.1. The topological polar surface area (TPSA) is 93.4 Å². The van der Waals surface area contributed by atoms with Crippen molar-refractivity contribution >= 4 is 23.1 Å². The van der Waals surface area contributed by atoms with Crippen molar-refractivity contribution in [3.63, 3.8) is 0 Å². The normalized spacial score (nSPS) is 11.4. The fourth-order valence-electron chi connectivity index (χ4n) is 3.61. The van der Waals surface area contributed by atoms with Crippen molar-refractivity contribution in [2.24, 2.45) is 0 Å². The Morgan fingerprint density at radius 2 is 1.82 bits per heavy atom. The summed E-state index contributed by atoms with van der Waals surface area (Å²) in [5.41, 5.74) is 1.14. The van der Waals surface area contributed by atoms with E-state index in [0.29, 0.717) is 46.7 Å². The molecule has 0 aliphatic carbocycles. The number of ether oxygens (including phenoxy) is 1. The highest BCUT2D eigenvalue weighted by atomic mass is 19.4. The lowest BCUT2D eigenvalue weighted by Crippen LogP contribution is -2.20. The molecule has 0 bridgehead atoms. The molecule has 192 valence electrons. The molecule has 0 aliphatic heterocycles. The molecule has 12 heteroatoms. The van der Waals surface area contributed by atoms with Crippen molar-refractivity contribution in [2.75, 3.05) is 10.6 Å². The van der Waals surface area contributed by atoms with Crippen LogP contribution in [-0.2, 0) is 12.8 Å². The van der Waals surface area contributed by atoms with Crippen LogP contribution in [0.2, 0.25) is 0 Å². The van der Waals surface area contributed by atoms with Crippen molar-refractivity contribution in [3.8, 4) is 17.1 Å². The van der Waals surface area contributed by atoms with E-state index < -0.39 is 29.3 Å². The smallest absolute Gasteiger partial charge is 0.416 e. The number of fused-ring (bicyclic) bond motifs is 1. The number of urea groups is 1. The van der Waals surface area contributed by atoms with Gasteiger partial charge in [-0.2, -0.15) is 13.2 Å². The van der Waals surface area contributed by atoms with Gasteiger partial charge in [0.2, 0.25) is 5.65 Å². The van der Waals surface area contributed by atoms with Gasteiger partial charge in [-0.25, -0.2) is 19.2 Å². The third-order valence-corrected chi connectivity index (χ3v) is 5.43. The molecule has 0 saturated heterocycles. The maximum Gasteiger partial charge on any atom is 0.416 e. The molecule has 0 radical (unpaired) electrons. The molecule has 0 aliphatic rings. The predicted molar refractivity (Wildman–Crippen MR) is 131 cm³/mol. The Bertz CT molecular complexity index is 1600. The third kappa shape index (κ3) is 5.53. The van der Waals surface area contributed by atoms with Crippen LogP contribution in [0.1, 0.15) is 11.1 Å². The number of benzene rings is 2. The summed E-state index contributed by atoms with van der Waals surface area (Å²) in [5, 5.41) is 4.61. The number of nitrogens with zero attached hydrogens (tertiary/aromatic N) is 4. The molecular formula is C26H18F4N6O2. The SMILES string of the molecule is O=C(Nc1cccc(-c2cn3ccnc3c(OCc3ccncc3)n2)c1)Nc1cc(C(F)(F)F)ccc1F. The summed E-state index contributed by atoms with van der Waals surface area (Å²) >= 11 is 0. The number of rotatable bonds is 6. The predicted octanol–water partition coefficient (Wildman–Crippen LogP) is 6.17. The number of nitrogens with one attached hydrogen (secondary N) is 2. The van der Waals surface area contributed by atoms with Gasteiger partial charge in [-0.3, -0.25) is 4.98 Å². The van der Waals surface area contributed by atoms with Gasteiger partial charge < -0.3 is 19.8 Å². The third-order valence-electron chi connectivity index (χ3n) is 5.43. The van der Waals surface area contributed by atoms with E-state index in [1.54, 1.807) is 59.7 Å². The first kappa shape index (κ1) is 24.7. The Morgan fingerprint density at radius 1 is 1.00 bits per heavy atom. The number of aromatic nitrogens is 4. The van der Waals surface area contributed by atoms with Gasteiger partial charge >= 0.3 is 12.2 Å². The van der Waals surface area contributed by atoms with Crippen LogP contribution in [0.5, 0.6) is 5.88 Å². The minimum absolute atomic E-state index is 0.245.